The number of primary amides is 1. The lowest BCUT2D eigenvalue weighted by Gasteiger charge is -2.10. The number of anilines is 2. The number of carbonyl (C=O) groups excluding carboxylic acids is 1. The van der Waals surface area contributed by atoms with Crippen molar-refractivity contribution in [2.24, 2.45) is 12.8 Å². The third kappa shape index (κ3) is 3.04. The van der Waals surface area contributed by atoms with E-state index in [0.717, 1.165) is 17.9 Å². The Bertz CT molecular complexity index is 590. The number of hydrogen-bond donors (Lipinski definition) is 3. The molecule has 0 aliphatic heterocycles. The Morgan fingerprint density at radius 2 is 2.26 bits per heavy atom. The van der Waals surface area contributed by atoms with Crippen molar-refractivity contribution in [1.82, 2.24) is 9.55 Å². The summed E-state index contributed by atoms with van der Waals surface area (Å²) in [6.07, 6.45) is 4.47. The summed E-state index contributed by atoms with van der Waals surface area (Å²) in [6, 6.07) is 4.99. The van der Waals surface area contributed by atoms with Gasteiger partial charge in [-0.1, -0.05) is 0 Å². The van der Waals surface area contributed by atoms with Gasteiger partial charge in [-0.05, 0) is 18.2 Å². The lowest BCUT2D eigenvalue weighted by molar-refractivity contribution is 0.100. The smallest absolute Gasteiger partial charge is 0.248 e. The molecule has 0 fully saturated rings. The summed E-state index contributed by atoms with van der Waals surface area (Å²) in [4.78, 5) is 15.2. The number of aryl methyl sites for hydroxylation is 1. The number of carbonyl (C=O) groups is 1. The second-order valence-electron chi connectivity index (χ2n) is 4.30. The van der Waals surface area contributed by atoms with E-state index in [2.05, 4.69) is 10.3 Å². The molecule has 0 saturated carbocycles. The zero-order valence-corrected chi connectivity index (χ0v) is 10.8. The Labute approximate surface area is 111 Å². The minimum absolute atomic E-state index is 0.409. The fourth-order valence-electron chi connectivity index (χ4n) is 1.82. The van der Waals surface area contributed by atoms with E-state index in [0.29, 0.717) is 17.8 Å². The van der Waals surface area contributed by atoms with Crippen LogP contribution in [0.5, 0.6) is 0 Å². The Hall–Kier alpha value is -2.50. The molecule has 0 spiro atoms. The van der Waals surface area contributed by atoms with Crippen molar-refractivity contribution < 1.29 is 4.79 Å². The summed E-state index contributed by atoms with van der Waals surface area (Å²) >= 11 is 0. The summed E-state index contributed by atoms with van der Waals surface area (Å²) in [6.45, 7) is 0.713. The number of rotatable bonds is 5. The number of imidazole rings is 1. The van der Waals surface area contributed by atoms with Crippen molar-refractivity contribution in [1.29, 1.82) is 0 Å². The monoisotopic (exact) mass is 259 g/mol. The maximum atomic E-state index is 11.0. The molecule has 5 N–H and O–H groups in total. The molecule has 2 rings (SSSR count). The number of nitrogens with one attached hydrogen (secondary N) is 1. The fourth-order valence-corrected chi connectivity index (χ4v) is 1.82. The van der Waals surface area contributed by atoms with Gasteiger partial charge in [-0.15, -0.1) is 0 Å². The molecule has 0 aliphatic rings. The van der Waals surface area contributed by atoms with Gasteiger partial charge in [-0.3, -0.25) is 4.79 Å². The number of amides is 1. The van der Waals surface area contributed by atoms with Crippen molar-refractivity contribution in [2.45, 2.75) is 6.42 Å². The molecule has 19 heavy (non-hydrogen) atoms. The van der Waals surface area contributed by atoms with Crippen LogP contribution in [0.15, 0.2) is 30.6 Å². The van der Waals surface area contributed by atoms with Gasteiger partial charge >= 0.3 is 0 Å². The summed E-state index contributed by atoms with van der Waals surface area (Å²) in [5, 5.41) is 3.21. The topological polar surface area (TPSA) is 99.0 Å². The normalized spacial score (nSPS) is 10.4. The molecule has 0 atom stereocenters. The summed E-state index contributed by atoms with van der Waals surface area (Å²) in [7, 11) is 1.96. The van der Waals surface area contributed by atoms with E-state index in [4.69, 9.17) is 11.5 Å². The zero-order valence-electron chi connectivity index (χ0n) is 10.8. The molecule has 2 aromatic rings. The summed E-state index contributed by atoms with van der Waals surface area (Å²) in [5.41, 5.74) is 12.8. The number of nitrogens with two attached hydrogens (primary N) is 2. The maximum Gasteiger partial charge on any atom is 0.248 e. The minimum Gasteiger partial charge on any atom is -0.397 e. The van der Waals surface area contributed by atoms with E-state index in [-0.39, 0.29) is 0 Å². The molecular formula is C13H17N5O. The van der Waals surface area contributed by atoms with Crippen molar-refractivity contribution in [3.05, 3.63) is 42.0 Å². The molecule has 1 aromatic carbocycles. The van der Waals surface area contributed by atoms with Gasteiger partial charge < -0.3 is 21.4 Å². The van der Waals surface area contributed by atoms with E-state index < -0.39 is 5.91 Å². The second-order valence-corrected chi connectivity index (χ2v) is 4.30. The summed E-state index contributed by atoms with van der Waals surface area (Å²) in [5.74, 6) is 0.520. The minimum atomic E-state index is -0.480. The van der Waals surface area contributed by atoms with Gasteiger partial charge in [0.2, 0.25) is 5.91 Å². The van der Waals surface area contributed by atoms with Crippen LogP contribution in [0.3, 0.4) is 0 Å². The predicted molar refractivity (Wildman–Crippen MR) is 74.8 cm³/mol. The lowest BCUT2D eigenvalue weighted by Crippen LogP contribution is -2.13. The number of benzene rings is 1. The maximum absolute atomic E-state index is 11.0. The number of nitrogen functional groups attached to an aromatic ring is 1. The van der Waals surface area contributed by atoms with Crippen LogP contribution < -0.4 is 16.8 Å². The number of aromatic nitrogens is 2. The highest BCUT2D eigenvalue weighted by molar-refractivity contribution is 5.94. The zero-order chi connectivity index (χ0) is 13.8. The Balaban J connectivity index is 1.96. The fraction of sp³-hybridized carbons (Fsp3) is 0.231. The first-order chi connectivity index (χ1) is 9.08. The summed E-state index contributed by atoms with van der Waals surface area (Å²) < 4.78 is 1.97. The molecule has 6 heteroatoms. The van der Waals surface area contributed by atoms with Crippen LogP contribution in [0.1, 0.15) is 16.2 Å². The predicted octanol–water partition coefficient (Wildman–Crippen LogP) is 0.756. The SMILES string of the molecule is Cn1ccnc1CCNc1ccc(C(N)=O)cc1N. The van der Waals surface area contributed by atoms with Crippen LogP contribution in [0.2, 0.25) is 0 Å². The molecular weight excluding hydrogens is 242 g/mol. The first-order valence-corrected chi connectivity index (χ1v) is 5.97. The average molecular weight is 259 g/mol. The third-order valence-corrected chi connectivity index (χ3v) is 2.92. The largest absolute Gasteiger partial charge is 0.397 e. The van der Waals surface area contributed by atoms with Crippen LogP contribution >= 0.6 is 0 Å². The van der Waals surface area contributed by atoms with Gasteiger partial charge in [0.25, 0.3) is 0 Å². The molecule has 0 saturated heterocycles. The van der Waals surface area contributed by atoms with Gasteiger partial charge in [0.1, 0.15) is 5.82 Å². The molecule has 0 radical (unpaired) electrons. The quantitative estimate of drug-likeness (QED) is 0.690. The first kappa shape index (κ1) is 12.9. The van der Waals surface area contributed by atoms with Crippen molar-refractivity contribution in [3.8, 4) is 0 Å². The van der Waals surface area contributed by atoms with Crippen LogP contribution in [-0.2, 0) is 13.5 Å². The van der Waals surface area contributed by atoms with Crippen LogP contribution in [0, 0.1) is 0 Å². The molecule has 0 unspecified atom stereocenters. The first-order valence-electron chi connectivity index (χ1n) is 5.97. The lowest BCUT2D eigenvalue weighted by atomic mass is 10.1. The highest BCUT2D eigenvalue weighted by Crippen LogP contribution is 2.19. The molecule has 0 bridgehead atoms. The van der Waals surface area contributed by atoms with Gasteiger partial charge in [-0.25, -0.2) is 4.98 Å². The van der Waals surface area contributed by atoms with Crippen molar-refractivity contribution >= 4 is 17.3 Å². The van der Waals surface area contributed by atoms with Crippen LogP contribution in [0.25, 0.3) is 0 Å². The highest BCUT2D eigenvalue weighted by atomic mass is 16.1. The second kappa shape index (κ2) is 5.43. The van der Waals surface area contributed by atoms with E-state index in [1.54, 1.807) is 24.4 Å². The Morgan fingerprint density at radius 3 is 2.84 bits per heavy atom. The molecule has 1 heterocycles. The molecule has 6 nitrogen and oxygen atoms in total. The van der Waals surface area contributed by atoms with Gasteiger partial charge in [0.05, 0.1) is 11.4 Å². The van der Waals surface area contributed by atoms with E-state index in [9.17, 15) is 4.79 Å². The van der Waals surface area contributed by atoms with Gasteiger partial charge in [0.15, 0.2) is 0 Å². The van der Waals surface area contributed by atoms with Crippen molar-refractivity contribution in [2.75, 3.05) is 17.6 Å². The van der Waals surface area contributed by atoms with Gasteiger partial charge in [-0.2, -0.15) is 0 Å². The van der Waals surface area contributed by atoms with Gasteiger partial charge in [0, 0.05) is 38.0 Å². The van der Waals surface area contributed by atoms with Crippen LogP contribution in [-0.4, -0.2) is 22.0 Å². The number of nitrogens with zero attached hydrogens (tertiary/aromatic N) is 2. The number of hydrogen-bond acceptors (Lipinski definition) is 4. The molecule has 0 aliphatic carbocycles. The van der Waals surface area contributed by atoms with Crippen molar-refractivity contribution in [3.63, 3.8) is 0 Å². The Morgan fingerprint density at radius 1 is 1.47 bits per heavy atom. The van der Waals surface area contributed by atoms with E-state index in [1.165, 1.54) is 0 Å². The highest BCUT2D eigenvalue weighted by Gasteiger charge is 2.05. The molecule has 100 valence electrons. The van der Waals surface area contributed by atoms with E-state index >= 15 is 0 Å². The third-order valence-electron chi connectivity index (χ3n) is 2.92. The average Bonchev–Trinajstić information content (AvgIpc) is 2.77. The molecule has 1 amide bonds. The van der Waals surface area contributed by atoms with Crippen LogP contribution in [0.4, 0.5) is 11.4 Å². The standard InChI is InChI=1S/C13H17N5O/c1-18-7-6-17-12(18)4-5-16-11-3-2-9(13(15)19)8-10(11)14/h2-3,6-8,16H,4-5,14H2,1H3,(H2,15,19). The van der Waals surface area contributed by atoms with E-state index in [1.807, 2.05) is 17.8 Å². The Kier molecular flexibility index (Phi) is 3.70. The molecule has 1 aromatic heterocycles.